The zero-order valence-electron chi connectivity index (χ0n) is 16.4. The fourth-order valence-electron chi connectivity index (χ4n) is 4.59. The van der Waals surface area contributed by atoms with Gasteiger partial charge in [-0.25, -0.2) is 4.98 Å². The van der Waals surface area contributed by atoms with Gasteiger partial charge in [-0.1, -0.05) is 24.3 Å². The summed E-state index contributed by atoms with van der Waals surface area (Å²) in [6.45, 7) is 1.03. The standard InChI is InChI=1S/C22H23N3O3S/c1-28-22(27)16-10-13-6-2-3-7-14(13)11-25(16)12-18-23-20(26)19-15-8-4-5-9-17(15)29-21(19)24-18/h2-3,6-7,16H,4-5,8-12H2,1H3,(H,23,24,26)/t16-/m0/s1. The van der Waals surface area contributed by atoms with Crippen LogP contribution in [-0.2, 0) is 41.9 Å². The number of benzene rings is 1. The van der Waals surface area contributed by atoms with Crippen LogP contribution in [-0.4, -0.2) is 34.0 Å². The van der Waals surface area contributed by atoms with E-state index in [0.29, 0.717) is 25.3 Å². The molecule has 0 fully saturated rings. The van der Waals surface area contributed by atoms with E-state index in [-0.39, 0.29) is 17.6 Å². The molecule has 6 nitrogen and oxygen atoms in total. The summed E-state index contributed by atoms with van der Waals surface area (Å²) >= 11 is 1.65. The van der Waals surface area contributed by atoms with Gasteiger partial charge in [0.15, 0.2) is 0 Å². The monoisotopic (exact) mass is 409 g/mol. The molecule has 2 aliphatic rings. The molecule has 0 saturated heterocycles. The molecular formula is C22H23N3O3S. The molecule has 3 heterocycles. The SMILES string of the molecule is COC(=O)[C@@H]1Cc2ccccc2CN1Cc1nc2sc3c(c2c(=O)[nH]1)CCCC3. The number of thiophene rings is 1. The Labute approximate surface area is 172 Å². The van der Waals surface area contributed by atoms with E-state index < -0.39 is 0 Å². The van der Waals surface area contributed by atoms with E-state index in [1.54, 1.807) is 11.3 Å². The number of methoxy groups -OCH3 is 1. The summed E-state index contributed by atoms with van der Waals surface area (Å²) < 4.78 is 5.05. The fourth-order valence-corrected chi connectivity index (χ4v) is 5.87. The van der Waals surface area contributed by atoms with Crippen LogP contribution in [0.5, 0.6) is 0 Å². The van der Waals surface area contributed by atoms with Crippen molar-refractivity contribution in [2.75, 3.05) is 7.11 Å². The van der Waals surface area contributed by atoms with E-state index in [9.17, 15) is 9.59 Å². The first-order valence-electron chi connectivity index (χ1n) is 10.1. The van der Waals surface area contributed by atoms with Gasteiger partial charge in [-0.15, -0.1) is 11.3 Å². The quantitative estimate of drug-likeness (QED) is 0.673. The van der Waals surface area contributed by atoms with E-state index >= 15 is 0 Å². The van der Waals surface area contributed by atoms with Crippen molar-refractivity contribution in [3.05, 3.63) is 62.0 Å². The largest absolute Gasteiger partial charge is 0.468 e. The molecule has 150 valence electrons. The number of nitrogens with one attached hydrogen (secondary N) is 1. The maximum atomic E-state index is 12.8. The highest BCUT2D eigenvalue weighted by Gasteiger charge is 2.33. The van der Waals surface area contributed by atoms with E-state index in [0.717, 1.165) is 29.5 Å². The highest BCUT2D eigenvalue weighted by Crippen LogP contribution is 2.33. The van der Waals surface area contributed by atoms with Crippen LogP contribution >= 0.6 is 11.3 Å². The molecule has 1 aromatic carbocycles. The van der Waals surface area contributed by atoms with Crippen molar-refractivity contribution in [2.45, 2.75) is 51.2 Å². The molecule has 0 spiro atoms. The molecule has 1 aliphatic carbocycles. The molecule has 29 heavy (non-hydrogen) atoms. The number of fused-ring (bicyclic) bond motifs is 4. The first-order chi connectivity index (χ1) is 14.1. The number of esters is 1. The van der Waals surface area contributed by atoms with Crippen molar-refractivity contribution in [2.24, 2.45) is 0 Å². The summed E-state index contributed by atoms with van der Waals surface area (Å²) in [4.78, 5) is 37.2. The molecule has 0 bridgehead atoms. The van der Waals surface area contributed by atoms with Crippen molar-refractivity contribution in [3.63, 3.8) is 0 Å². The Kier molecular flexibility index (Phi) is 4.72. The predicted molar refractivity (Wildman–Crippen MR) is 112 cm³/mol. The molecule has 0 radical (unpaired) electrons. The molecule has 0 amide bonds. The average molecular weight is 410 g/mol. The first-order valence-corrected chi connectivity index (χ1v) is 10.9. The zero-order valence-corrected chi connectivity index (χ0v) is 17.2. The molecule has 0 saturated carbocycles. The summed E-state index contributed by atoms with van der Waals surface area (Å²) in [6.07, 6.45) is 4.92. The van der Waals surface area contributed by atoms with Gasteiger partial charge in [0.2, 0.25) is 0 Å². The van der Waals surface area contributed by atoms with E-state index in [1.807, 2.05) is 17.0 Å². The summed E-state index contributed by atoms with van der Waals surface area (Å²) in [5.74, 6) is 0.351. The van der Waals surface area contributed by atoms with Gasteiger partial charge in [-0.05, 0) is 48.8 Å². The Bertz CT molecular complexity index is 1150. The van der Waals surface area contributed by atoms with Crippen LogP contribution in [0.25, 0.3) is 10.2 Å². The summed E-state index contributed by atoms with van der Waals surface area (Å²) in [5, 5.41) is 0.766. The molecule has 2 aromatic heterocycles. The van der Waals surface area contributed by atoms with Gasteiger partial charge in [0.05, 0.1) is 19.0 Å². The maximum absolute atomic E-state index is 12.8. The van der Waals surface area contributed by atoms with E-state index in [2.05, 4.69) is 17.1 Å². The molecule has 7 heteroatoms. The number of aromatic amines is 1. The van der Waals surface area contributed by atoms with Crippen molar-refractivity contribution in [1.29, 1.82) is 0 Å². The maximum Gasteiger partial charge on any atom is 0.323 e. The second kappa shape index (κ2) is 7.39. The number of aryl methyl sites for hydroxylation is 2. The van der Waals surface area contributed by atoms with Gasteiger partial charge in [0, 0.05) is 11.4 Å². The Morgan fingerprint density at radius 1 is 1.28 bits per heavy atom. The van der Waals surface area contributed by atoms with Gasteiger partial charge in [-0.2, -0.15) is 0 Å². The number of nitrogens with zero attached hydrogens (tertiary/aromatic N) is 2. The lowest BCUT2D eigenvalue weighted by Gasteiger charge is -2.34. The number of carbonyl (C=O) groups excluding carboxylic acids is 1. The fraction of sp³-hybridized carbons (Fsp3) is 0.409. The predicted octanol–water partition coefficient (Wildman–Crippen LogP) is 2.96. The number of aromatic nitrogens is 2. The highest BCUT2D eigenvalue weighted by atomic mass is 32.1. The smallest absolute Gasteiger partial charge is 0.323 e. The molecular weight excluding hydrogens is 386 g/mol. The lowest BCUT2D eigenvalue weighted by atomic mass is 9.94. The van der Waals surface area contributed by atoms with Crippen molar-refractivity contribution >= 4 is 27.5 Å². The summed E-state index contributed by atoms with van der Waals surface area (Å²) in [6, 6.07) is 7.77. The topological polar surface area (TPSA) is 75.3 Å². The Hall–Kier alpha value is -2.51. The Balaban J connectivity index is 1.50. The van der Waals surface area contributed by atoms with Crippen LogP contribution < -0.4 is 5.56 Å². The number of ether oxygens (including phenoxy) is 1. The second-order valence-electron chi connectivity index (χ2n) is 7.82. The highest BCUT2D eigenvalue weighted by molar-refractivity contribution is 7.18. The lowest BCUT2D eigenvalue weighted by Crippen LogP contribution is -2.46. The molecule has 0 unspecified atom stereocenters. The minimum atomic E-state index is -0.382. The molecule has 1 aliphatic heterocycles. The minimum Gasteiger partial charge on any atom is -0.468 e. The number of hydrogen-bond acceptors (Lipinski definition) is 6. The van der Waals surface area contributed by atoms with Crippen LogP contribution in [0.4, 0.5) is 0 Å². The van der Waals surface area contributed by atoms with Crippen LogP contribution in [0.1, 0.15) is 40.2 Å². The van der Waals surface area contributed by atoms with Gasteiger partial charge in [0.25, 0.3) is 5.56 Å². The number of hydrogen-bond donors (Lipinski definition) is 1. The van der Waals surface area contributed by atoms with Crippen LogP contribution in [0, 0.1) is 0 Å². The molecule has 1 N–H and O–H groups in total. The number of carbonyl (C=O) groups is 1. The van der Waals surface area contributed by atoms with E-state index in [4.69, 9.17) is 9.72 Å². The Morgan fingerprint density at radius 2 is 2.07 bits per heavy atom. The van der Waals surface area contributed by atoms with Gasteiger partial charge in [-0.3, -0.25) is 14.5 Å². The molecule has 1 atom stereocenters. The third-order valence-electron chi connectivity index (χ3n) is 6.05. The summed E-state index contributed by atoms with van der Waals surface area (Å²) in [7, 11) is 1.42. The van der Waals surface area contributed by atoms with Crippen LogP contribution in [0.15, 0.2) is 29.1 Å². The molecule has 5 rings (SSSR count). The van der Waals surface area contributed by atoms with Crippen LogP contribution in [0.2, 0.25) is 0 Å². The number of H-pyrrole nitrogens is 1. The second-order valence-corrected chi connectivity index (χ2v) is 8.90. The minimum absolute atomic E-state index is 0.0589. The lowest BCUT2D eigenvalue weighted by molar-refractivity contribution is -0.148. The average Bonchev–Trinajstić information content (AvgIpc) is 3.11. The normalized spacial score (nSPS) is 19.0. The third kappa shape index (κ3) is 3.28. The summed E-state index contributed by atoms with van der Waals surface area (Å²) in [5.41, 5.74) is 3.50. The first kappa shape index (κ1) is 18.5. The number of rotatable bonds is 3. The van der Waals surface area contributed by atoms with Crippen molar-refractivity contribution < 1.29 is 9.53 Å². The van der Waals surface area contributed by atoms with Gasteiger partial charge >= 0.3 is 5.97 Å². The van der Waals surface area contributed by atoms with Crippen molar-refractivity contribution in [3.8, 4) is 0 Å². The van der Waals surface area contributed by atoms with Gasteiger partial charge < -0.3 is 9.72 Å². The van der Waals surface area contributed by atoms with E-state index in [1.165, 1.54) is 35.1 Å². The van der Waals surface area contributed by atoms with Gasteiger partial charge in [0.1, 0.15) is 16.7 Å². The molecule has 3 aromatic rings. The van der Waals surface area contributed by atoms with Crippen LogP contribution in [0.3, 0.4) is 0 Å². The van der Waals surface area contributed by atoms with Crippen molar-refractivity contribution in [1.82, 2.24) is 14.9 Å². The Morgan fingerprint density at radius 3 is 2.90 bits per heavy atom. The third-order valence-corrected chi connectivity index (χ3v) is 7.23. The zero-order chi connectivity index (χ0) is 20.0.